The monoisotopic (exact) mass is 305 g/mol. The van der Waals surface area contributed by atoms with Crippen LogP contribution in [0, 0.1) is 0 Å². The predicted octanol–water partition coefficient (Wildman–Crippen LogP) is 2.51. The van der Waals surface area contributed by atoms with Crippen LogP contribution < -0.4 is 5.32 Å². The molecule has 92 valence electrons. The molecule has 0 atom stereocenters. The molecule has 0 saturated heterocycles. The molecule has 0 aliphatic heterocycles. The van der Waals surface area contributed by atoms with E-state index in [-0.39, 0.29) is 5.91 Å². The summed E-state index contributed by atoms with van der Waals surface area (Å²) in [5, 5.41) is 2.75. The number of aromatic nitrogens is 2. The van der Waals surface area contributed by atoms with Crippen molar-refractivity contribution in [2.45, 2.75) is 0 Å². The molecule has 1 heterocycles. The van der Waals surface area contributed by atoms with Gasteiger partial charge in [0.2, 0.25) is 0 Å². The average Bonchev–Trinajstić information content (AvgIpc) is 2.86. The molecule has 0 spiro atoms. The highest BCUT2D eigenvalue weighted by atomic mass is 79.9. The molecular weight excluding hydrogens is 294 g/mol. The highest BCUT2D eigenvalue weighted by Gasteiger charge is 2.12. The maximum Gasteiger partial charge on any atom is 0.270 e. The summed E-state index contributed by atoms with van der Waals surface area (Å²) in [4.78, 5) is 16.0. The van der Waals surface area contributed by atoms with Gasteiger partial charge in [0.05, 0.1) is 12.5 Å². The molecule has 1 aromatic carbocycles. The smallest absolute Gasteiger partial charge is 0.270 e. The lowest BCUT2D eigenvalue weighted by molar-refractivity contribution is 0.0951. The fourth-order valence-electron chi connectivity index (χ4n) is 1.52. The third-order valence-corrected chi connectivity index (χ3v) is 2.63. The summed E-state index contributed by atoms with van der Waals surface area (Å²) in [7, 11) is 0. The zero-order valence-corrected chi connectivity index (χ0v) is 11.2. The van der Waals surface area contributed by atoms with Crippen LogP contribution in [0.15, 0.2) is 53.9 Å². The van der Waals surface area contributed by atoms with Crippen LogP contribution >= 0.6 is 15.9 Å². The van der Waals surface area contributed by atoms with Crippen molar-refractivity contribution in [3.8, 4) is 5.69 Å². The van der Waals surface area contributed by atoms with Gasteiger partial charge in [-0.05, 0) is 12.1 Å². The molecule has 5 heteroatoms. The number of benzene rings is 1. The van der Waals surface area contributed by atoms with Gasteiger partial charge in [-0.25, -0.2) is 4.98 Å². The topological polar surface area (TPSA) is 46.9 Å². The van der Waals surface area contributed by atoms with Crippen LogP contribution in [-0.4, -0.2) is 22.0 Å². The van der Waals surface area contributed by atoms with Crippen LogP contribution in [0.25, 0.3) is 5.69 Å². The van der Waals surface area contributed by atoms with E-state index in [1.165, 1.54) is 0 Å². The maximum atomic E-state index is 12.0. The fourth-order valence-corrected chi connectivity index (χ4v) is 1.66. The van der Waals surface area contributed by atoms with Gasteiger partial charge in [0, 0.05) is 16.7 Å². The molecular formula is C13H12BrN3O. The third kappa shape index (κ3) is 2.87. The molecule has 0 bridgehead atoms. The van der Waals surface area contributed by atoms with Crippen molar-refractivity contribution in [1.82, 2.24) is 14.9 Å². The van der Waals surface area contributed by atoms with Crippen molar-refractivity contribution in [2.24, 2.45) is 0 Å². The van der Waals surface area contributed by atoms with E-state index in [9.17, 15) is 4.79 Å². The van der Waals surface area contributed by atoms with Crippen molar-refractivity contribution in [3.05, 3.63) is 59.6 Å². The van der Waals surface area contributed by atoms with Crippen LogP contribution in [0.3, 0.4) is 0 Å². The fraction of sp³-hybridized carbons (Fsp3) is 0.0769. The molecule has 0 fully saturated rings. The minimum atomic E-state index is -0.183. The van der Waals surface area contributed by atoms with Gasteiger partial charge < -0.3 is 5.32 Å². The lowest BCUT2D eigenvalue weighted by Crippen LogP contribution is -2.26. The minimum Gasteiger partial charge on any atom is -0.346 e. The Kier molecular flexibility index (Phi) is 3.94. The number of rotatable bonds is 4. The van der Waals surface area contributed by atoms with E-state index < -0.39 is 0 Å². The lowest BCUT2D eigenvalue weighted by atomic mass is 10.3. The zero-order valence-electron chi connectivity index (χ0n) is 9.64. The number of imidazole rings is 1. The number of hydrogen-bond donors (Lipinski definition) is 1. The Labute approximate surface area is 113 Å². The van der Waals surface area contributed by atoms with Crippen molar-refractivity contribution >= 4 is 21.8 Å². The molecule has 0 radical (unpaired) electrons. The average molecular weight is 306 g/mol. The molecule has 1 amide bonds. The molecule has 0 aliphatic carbocycles. The Morgan fingerprint density at radius 1 is 1.39 bits per heavy atom. The maximum absolute atomic E-state index is 12.0. The van der Waals surface area contributed by atoms with E-state index in [4.69, 9.17) is 0 Å². The van der Waals surface area contributed by atoms with E-state index in [1.807, 2.05) is 30.3 Å². The normalized spacial score (nSPS) is 10.1. The summed E-state index contributed by atoms with van der Waals surface area (Å²) < 4.78 is 2.47. The highest BCUT2D eigenvalue weighted by molar-refractivity contribution is 9.11. The van der Waals surface area contributed by atoms with Crippen LogP contribution in [0.2, 0.25) is 0 Å². The van der Waals surface area contributed by atoms with Gasteiger partial charge in [0.1, 0.15) is 5.69 Å². The second-order valence-electron chi connectivity index (χ2n) is 3.68. The van der Waals surface area contributed by atoms with E-state index in [1.54, 1.807) is 17.1 Å². The summed E-state index contributed by atoms with van der Waals surface area (Å²) >= 11 is 3.20. The Morgan fingerprint density at radius 2 is 2.11 bits per heavy atom. The summed E-state index contributed by atoms with van der Waals surface area (Å²) in [6, 6.07) is 9.59. The van der Waals surface area contributed by atoms with Crippen LogP contribution in [-0.2, 0) is 0 Å². The molecule has 0 saturated carbocycles. The SMILES string of the molecule is C=C(Br)CNC(=O)c1cncn1-c1ccccc1. The molecule has 0 aliphatic rings. The summed E-state index contributed by atoms with van der Waals surface area (Å²) in [6.45, 7) is 4.06. The van der Waals surface area contributed by atoms with Gasteiger partial charge in [-0.3, -0.25) is 9.36 Å². The van der Waals surface area contributed by atoms with Crippen LogP contribution in [0.1, 0.15) is 10.5 Å². The second kappa shape index (κ2) is 5.64. The standard InChI is InChI=1S/C13H12BrN3O/c1-10(14)7-16-13(18)12-8-15-9-17(12)11-5-3-2-4-6-11/h2-6,8-9H,1,7H2,(H,16,18). The van der Waals surface area contributed by atoms with E-state index >= 15 is 0 Å². The third-order valence-electron chi connectivity index (χ3n) is 2.35. The number of nitrogens with one attached hydrogen (secondary N) is 1. The largest absolute Gasteiger partial charge is 0.346 e. The number of halogens is 1. The van der Waals surface area contributed by atoms with Crippen LogP contribution in [0.5, 0.6) is 0 Å². The Hall–Kier alpha value is -1.88. The second-order valence-corrected chi connectivity index (χ2v) is 4.81. The first-order valence-electron chi connectivity index (χ1n) is 5.37. The summed E-state index contributed by atoms with van der Waals surface area (Å²) in [5.41, 5.74) is 1.40. The Balaban J connectivity index is 2.23. The molecule has 1 N–H and O–H groups in total. The van der Waals surface area contributed by atoms with E-state index in [0.717, 1.165) is 10.2 Å². The number of carbonyl (C=O) groups is 1. The summed E-state index contributed by atoms with van der Waals surface area (Å²) in [6.07, 6.45) is 3.16. The van der Waals surface area contributed by atoms with E-state index in [2.05, 4.69) is 32.8 Å². The Bertz CT molecular complexity index is 563. The van der Waals surface area contributed by atoms with Gasteiger partial charge >= 0.3 is 0 Å². The van der Waals surface area contributed by atoms with Crippen molar-refractivity contribution in [3.63, 3.8) is 0 Å². The van der Waals surface area contributed by atoms with Gasteiger partial charge in [-0.1, -0.05) is 40.7 Å². The molecule has 18 heavy (non-hydrogen) atoms. The summed E-state index contributed by atoms with van der Waals surface area (Å²) in [5.74, 6) is -0.183. The van der Waals surface area contributed by atoms with Crippen LogP contribution in [0.4, 0.5) is 0 Å². The van der Waals surface area contributed by atoms with Gasteiger partial charge in [0.15, 0.2) is 0 Å². The number of carbonyl (C=O) groups excluding carboxylic acids is 1. The van der Waals surface area contributed by atoms with Crippen molar-refractivity contribution in [1.29, 1.82) is 0 Å². The molecule has 0 unspecified atom stereocenters. The first kappa shape index (κ1) is 12.6. The zero-order chi connectivity index (χ0) is 13.0. The van der Waals surface area contributed by atoms with Gasteiger partial charge in [0.25, 0.3) is 5.91 Å². The van der Waals surface area contributed by atoms with Gasteiger partial charge in [-0.2, -0.15) is 0 Å². The quantitative estimate of drug-likeness (QED) is 0.943. The highest BCUT2D eigenvalue weighted by Crippen LogP contribution is 2.10. The molecule has 2 rings (SSSR count). The number of hydrogen-bond acceptors (Lipinski definition) is 2. The number of para-hydroxylation sites is 1. The predicted molar refractivity (Wildman–Crippen MR) is 74.0 cm³/mol. The Morgan fingerprint density at radius 3 is 2.78 bits per heavy atom. The molecule has 2 aromatic rings. The molecule has 4 nitrogen and oxygen atoms in total. The molecule has 1 aromatic heterocycles. The number of amides is 1. The number of nitrogens with zero attached hydrogens (tertiary/aromatic N) is 2. The first-order valence-corrected chi connectivity index (χ1v) is 6.17. The van der Waals surface area contributed by atoms with Crippen molar-refractivity contribution in [2.75, 3.05) is 6.54 Å². The minimum absolute atomic E-state index is 0.183. The van der Waals surface area contributed by atoms with E-state index in [0.29, 0.717) is 12.2 Å². The first-order chi connectivity index (χ1) is 8.68. The van der Waals surface area contributed by atoms with Gasteiger partial charge in [-0.15, -0.1) is 0 Å². The lowest BCUT2D eigenvalue weighted by Gasteiger charge is -2.08. The van der Waals surface area contributed by atoms with Crippen molar-refractivity contribution < 1.29 is 4.79 Å².